The zero-order valence-electron chi connectivity index (χ0n) is 12.7. The summed E-state index contributed by atoms with van der Waals surface area (Å²) < 4.78 is 0. The van der Waals surface area contributed by atoms with Gasteiger partial charge in [-0.15, -0.1) is 0 Å². The van der Waals surface area contributed by atoms with Gasteiger partial charge in [0.1, 0.15) is 0 Å². The van der Waals surface area contributed by atoms with Crippen LogP contribution in [-0.4, -0.2) is 23.7 Å². The second-order valence-corrected chi connectivity index (χ2v) is 5.98. The first-order chi connectivity index (χ1) is 10.2. The number of aliphatic hydroxyl groups excluding tert-OH is 1. The van der Waals surface area contributed by atoms with Crippen molar-refractivity contribution < 1.29 is 9.90 Å². The van der Waals surface area contributed by atoms with Crippen molar-refractivity contribution >= 4 is 6.03 Å². The normalized spacial score (nSPS) is 23.3. The van der Waals surface area contributed by atoms with Gasteiger partial charge in [-0.25, -0.2) is 4.79 Å². The van der Waals surface area contributed by atoms with Gasteiger partial charge in [0.2, 0.25) is 0 Å². The van der Waals surface area contributed by atoms with E-state index in [-0.39, 0.29) is 12.1 Å². The third-order valence-corrected chi connectivity index (χ3v) is 4.32. The second kappa shape index (κ2) is 8.03. The Morgan fingerprint density at radius 1 is 1.29 bits per heavy atom. The minimum atomic E-state index is -0.528. The van der Waals surface area contributed by atoms with Crippen molar-refractivity contribution in [2.24, 2.45) is 5.92 Å². The van der Waals surface area contributed by atoms with Gasteiger partial charge in [0.25, 0.3) is 0 Å². The molecule has 1 saturated carbocycles. The third-order valence-electron chi connectivity index (χ3n) is 4.32. The molecule has 0 aliphatic heterocycles. The Morgan fingerprint density at radius 2 is 2.00 bits per heavy atom. The number of hydrogen-bond acceptors (Lipinski definition) is 2. The Kier molecular flexibility index (Phi) is 6.05. The van der Waals surface area contributed by atoms with Crippen molar-refractivity contribution in [1.29, 1.82) is 0 Å². The lowest BCUT2D eigenvalue weighted by atomic mass is 9.86. The molecule has 0 saturated heterocycles. The summed E-state index contributed by atoms with van der Waals surface area (Å²) in [7, 11) is 0. The summed E-state index contributed by atoms with van der Waals surface area (Å²) in [6.07, 6.45) is 4.73. The molecular formula is C17H26N2O2. The largest absolute Gasteiger partial charge is 0.388 e. The highest BCUT2D eigenvalue weighted by Gasteiger charge is 2.22. The van der Waals surface area contributed by atoms with Crippen molar-refractivity contribution in [1.82, 2.24) is 10.6 Å². The minimum absolute atomic E-state index is 0.117. The molecule has 3 N–H and O–H groups in total. The van der Waals surface area contributed by atoms with E-state index in [1.54, 1.807) is 0 Å². The monoisotopic (exact) mass is 290 g/mol. The van der Waals surface area contributed by atoms with Crippen LogP contribution in [0.1, 0.15) is 50.7 Å². The number of amides is 2. The summed E-state index contributed by atoms with van der Waals surface area (Å²) in [6.45, 7) is 2.67. The maximum absolute atomic E-state index is 11.9. The average Bonchev–Trinajstić information content (AvgIpc) is 2.50. The SMILES string of the molecule is CC1CCCCC1NC(=O)NCCC(O)c1ccccc1. The fraction of sp³-hybridized carbons (Fsp3) is 0.588. The highest BCUT2D eigenvalue weighted by atomic mass is 16.3. The molecule has 2 rings (SSSR count). The molecular weight excluding hydrogens is 264 g/mol. The molecule has 0 aromatic heterocycles. The Morgan fingerprint density at radius 3 is 2.71 bits per heavy atom. The standard InChI is InChI=1S/C17H26N2O2/c1-13-7-5-6-10-15(13)19-17(21)18-12-11-16(20)14-8-3-2-4-9-14/h2-4,8-9,13,15-16,20H,5-7,10-12H2,1H3,(H2,18,19,21). The molecule has 3 unspecified atom stereocenters. The molecule has 1 aromatic carbocycles. The van der Waals surface area contributed by atoms with Gasteiger partial charge in [-0.05, 0) is 30.7 Å². The lowest BCUT2D eigenvalue weighted by molar-refractivity contribution is 0.166. The summed E-state index contributed by atoms with van der Waals surface area (Å²) in [5.74, 6) is 0.555. The molecule has 0 radical (unpaired) electrons. The molecule has 0 spiro atoms. The quantitative estimate of drug-likeness (QED) is 0.780. The number of urea groups is 1. The van der Waals surface area contributed by atoms with Crippen molar-refractivity contribution in [3.8, 4) is 0 Å². The summed E-state index contributed by atoms with van der Waals surface area (Å²) in [5, 5.41) is 15.9. The van der Waals surface area contributed by atoms with E-state index in [1.807, 2.05) is 30.3 Å². The lowest BCUT2D eigenvalue weighted by Gasteiger charge is -2.29. The number of carbonyl (C=O) groups excluding carboxylic acids is 1. The first kappa shape index (κ1) is 15.8. The molecule has 1 aliphatic carbocycles. The maximum atomic E-state index is 11.9. The van der Waals surface area contributed by atoms with Gasteiger partial charge >= 0.3 is 6.03 Å². The summed E-state index contributed by atoms with van der Waals surface area (Å²) in [5.41, 5.74) is 0.889. The average molecular weight is 290 g/mol. The number of carbonyl (C=O) groups is 1. The first-order valence-electron chi connectivity index (χ1n) is 7.94. The zero-order chi connectivity index (χ0) is 15.1. The van der Waals surface area contributed by atoms with E-state index in [4.69, 9.17) is 0 Å². The summed E-state index contributed by atoms with van der Waals surface area (Å²) >= 11 is 0. The predicted molar refractivity (Wildman–Crippen MR) is 84.0 cm³/mol. The predicted octanol–water partition coefficient (Wildman–Crippen LogP) is 2.99. The van der Waals surface area contributed by atoms with Crippen LogP contribution in [0.4, 0.5) is 4.79 Å². The minimum Gasteiger partial charge on any atom is -0.388 e. The summed E-state index contributed by atoms with van der Waals surface area (Å²) in [6, 6.07) is 9.70. The van der Waals surface area contributed by atoms with Crippen molar-refractivity contribution in [3.05, 3.63) is 35.9 Å². The molecule has 2 amide bonds. The molecule has 1 aliphatic rings. The van der Waals surface area contributed by atoms with Crippen LogP contribution in [0.3, 0.4) is 0 Å². The van der Waals surface area contributed by atoms with Crippen LogP contribution in [0.25, 0.3) is 0 Å². The fourth-order valence-electron chi connectivity index (χ4n) is 2.91. The second-order valence-electron chi connectivity index (χ2n) is 5.98. The molecule has 4 nitrogen and oxygen atoms in total. The molecule has 0 heterocycles. The highest BCUT2D eigenvalue weighted by Crippen LogP contribution is 2.23. The molecule has 1 aromatic rings. The number of aliphatic hydroxyl groups is 1. The molecule has 3 atom stereocenters. The Bertz CT molecular complexity index is 436. The van der Waals surface area contributed by atoms with E-state index >= 15 is 0 Å². The maximum Gasteiger partial charge on any atom is 0.315 e. The van der Waals surface area contributed by atoms with Crippen LogP contribution in [0, 0.1) is 5.92 Å². The first-order valence-corrected chi connectivity index (χ1v) is 7.94. The Labute approximate surface area is 126 Å². The van der Waals surface area contributed by atoms with Crippen LogP contribution < -0.4 is 10.6 Å². The molecule has 116 valence electrons. The van der Waals surface area contributed by atoms with Gasteiger partial charge in [0.05, 0.1) is 6.10 Å². The van der Waals surface area contributed by atoms with Crippen LogP contribution in [0.2, 0.25) is 0 Å². The number of benzene rings is 1. The lowest BCUT2D eigenvalue weighted by Crippen LogP contribution is -2.46. The zero-order valence-corrected chi connectivity index (χ0v) is 12.7. The van der Waals surface area contributed by atoms with E-state index in [0.717, 1.165) is 12.0 Å². The van der Waals surface area contributed by atoms with E-state index in [9.17, 15) is 9.90 Å². The van der Waals surface area contributed by atoms with E-state index in [0.29, 0.717) is 18.9 Å². The van der Waals surface area contributed by atoms with Gasteiger partial charge in [-0.2, -0.15) is 0 Å². The number of rotatable bonds is 5. The van der Waals surface area contributed by atoms with Crippen LogP contribution in [0.15, 0.2) is 30.3 Å². The number of hydrogen-bond donors (Lipinski definition) is 3. The fourth-order valence-corrected chi connectivity index (χ4v) is 2.91. The van der Waals surface area contributed by atoms with E-state index < -0.39 is 6.10 Å². The number of nitrogens with one attached hydrogen (secondary N) is 2. The smallest absolute Gasteiger partial charge is 0.315 e. The Hall–Kier alpha value is -1.55. The molecule has 1 fully saturated rings. The van der Waals surface area contributed by atoms with Gasteiger partial charge in [-0.1, -0.05) is 50.1 Å². The van der Waals surface area contributed by atoms with E-state index in [2.05, 4.69) is 17.6 Å². The van der Waals surface area contributed by atoms with Gasteiger partial charge < -0.3 is 15.7 Å². The van der Waals surface area contributed by atoms with Crippen LogP contribution >= 0.6 is 0 Å². The van der Waals surface area contributed by atoms with Crippen molar-refractivity contribution in [2.75, 3.05) is 6.54 Å². The van der Waals surface area contributed by atoms with Crippen LogP contribution in [-0.2, 0) is 0 Å². The Balaban J connectivity index is 1.67. The topological polar surface area (TPSA) is 61.4 Å². The highest BCUT2D eigenvalue weighted by molar-refractivity contribution is 5.74. The van der Waals surface area contributed by atoms with Crippen molar-refractivity contribution in [3.63, 3.8) is 0 Å². The van der Waals surface area contributed by atoms with Crippen LogP contribution in [0.5, 0.6) is 0 Å². The molecule has 21 heavy (non-hydrogen) atoms. The molecule has 0 bridgehead atoms. The van der Waals surface area contributed by atoms with Gasteiger partial charge in [0.15, 0.2) is 0 Å². The van der Waals surface area contributed by atoms with Crippen molar-refractivity contribution in [2.45, 2.75) is 51.2 Å². The van der Waals surface area contributed by atoms with E-state index in [1.165, 1.54) is 19.3 Å². The summed E-state index contributed by atoms with van der Waals surface area (Å²) in [4.78, 5) is 11.9. The molecule has 4 heteroatoms. The third kappa shape index (κ3) is 5.05. The van der Waals surface area contributed by atoms with Gasteiger partial charge in [0, 0.05) is 12.6 Å². The van der Waals surface area contributed by atoms with Gasteiger partial charge in [-0.3, -0.25) is 0 Å².